The zero-order valence-electron chi connectivity index (χ0n) is 4.04. The molecule has 1 rings (SSSR count). The van der Waals surface area contributed by atoms with Gasteiger partial charge >= 0.3 is 0 Å². The van der Waals surface area contributed by atoms with Crippen molar-refractivity contribution in [3.05, 3.63) is 17.4 Å². The van der Waals surface area contributed by atoms with E-state index >= 15 is 0 Å². The van der Waals surface area contributed by atoms with E-state index in [4.69, 9.17) is 0 Å². The number of hydrogen-bond acceptors (Lipinski definition) is 0. The molecule has 0 saturated carbocycles. The number of hydrogen-bond donors (Lipinski definition) is 0. The van der Waals surface area contributed by atoms with Crippen molar-refractivity contribution in [2.45, 2.75) is 0 Å². The van der Waals surface area contributed by atoms with Crippen LogP contribution in [0.15, 0.2) is 17.4 Å². The molecule has 1 heterocycles. The average Bonchev–Trinajstić information content (AvgIpc) is 1.72. The molecular weight excluding hydrogens is 259 g/mol. The minimum atomic E-state index is 0. The maximum absolute atomic E-state index is 2.35. The molecule has 0 atom stereocenters. The molecule has 0 aliphatic rings. The molecule has 33 valence electrons. The standard InChI is InChI=1S/C3H6Si3.La/c1-2-4-6-5-3-1;/h1-6H;. The van der Waals surface area contributed by atoms with Gasteiger partial charge in [-0.1, -0.05) is 17.4 Å². The van der Waals surface area contributed by atoms with Crippen LogP contribution in [0.5, 0.6) is 0 Å². The summed E-state index contributed by atoms with van der Waals surface area (Å²) in [6.45, 7) is 0. The van der Waals surface area contributed by atoms with E-state index in [9.17, 15) is 0 Å². The van der Waals surface area contributed by atoms with Crippen LogP contribution in [-0.4, -0.2) is 25.4 Å². The molecule has 0 amide bonds. The maximum Gasteiger partial charge on any atom is 0 e. The van der Waals surface area contributed by atoms with E-state index in [-0.39, 0.29) is 35.6 Å². The monoisotopic (exact) mass is 265 g/mol. The molecule has 4 heteroatoms. The van der Waals surface area contributed by atoms with Crippen molar-refractivity contribution in [1.29, 1.82) is 0 Å². The van der Waals surface area contributed by atoms with Crippen LogP contribution in [0.4, 0.5) is 0 Å². The summed E-state index contributed by atoms with van der Waals surface area (Å²) in [5.74, 6) is 0. The van der Waals surface area contributed by atoms with Crippen LogP contribution in [0.2, 0.25) is 0 Å². The van der Waals surface area contributed by atoms with E-state index in [1.165, 1.54) is 0 Å². The smallest absolute Gasteiger partial charge is 0 e. The van der Waals surface area contributed by atoms with Gasteiger partial charge in [-0.3, -0.25) is 0 Å². The van der Waals surface area contributed by atoms with Crippen LogP contribution < -0.4 is 0 Å². The zero-order chi connectivity index (χ0) is 4.24. The second-order valence-electron chi connectivity index (χ2n) is 1.15. The van der Waals surface area contributed by atoms with Crippen LogP contribution in [0.3, 0.4) is 0 Å². The van der Waals surface area contributed by atoms with Gasteiger partial charge in [0.15, 0.2) is 0 Å². The van der Waals surface area contributed by atoms with Gasteiger partial charge in [0, 0.05) is 35.6 Å². The van der Waals surface area contributed by atoms with Gasteiger partial charge in [-0.25, -0.2) is 0 Å². The van der Waals surface area contributed by atoms with E-state index in [1.807, 2.05) is 0 Å². The third-order valence-corrected chi connectivity index (χ3v) is 8.67. The normalized spacial score (nSPS) is 6.86. The molecule has 0 aromatic carbocycles. The molecule has 0 N–H and O–H groups in total. The molecule has 1 aromatic rings. The van der Waals surface area contributed by atoms with Gasteiger partial charge in [-0.15, -0.1) is 0 Å². The van der Waals surface area contributed by atoms with E-state index in [2.05, 4.69) is 17.4 Å². The molecule has 0 fully saturated rings. The van der Waals surface area contributed by atoms with E-state index in [1.54, 1.807) is 0 Å². The molecule has 1 aromatic heterocycles. The summed E-state index contributed by atoms with van der Waals surface area (Å²) in [5.41, 5.74) is 4.71. The van der Waals surface area contributed by atoms with Crippen molar-refractivity contribution in [2.24, 2.45) is 0 Å². The van der Waals surface area contributed by atoms with Crippen molar-refractivity contribution in [3.8, 4) is 0 Å². The Bertz CT molecular complexity index is 82.1. The summed E-state index contributed by atoms with van der Waals surface area (Å²) in [5, 5.41) is 0. The van der Waals surface area contributed by atoms with E-state index in [0.29, 0.717) is 0 Å². The van der Waals surface area contributed by atoms with Crippen molar-refractivity contribution in [3.63, 3.8) is 0 Å². The summed E-state index contributed by atoms with van der Waals surface area (Å²) < 4.78 is 0. The molecular formula is C3H6LaSi3. The molecule has 0 aliphatic heterocycles. The van der Waals surface area contributed by atoms with Crippen LogP contribution in [0, 0.1) is 35.6 Å². The fourth-order valence-corrected chi connectivity index (χ4v) is 6.93. The molecule has 0 saturated heterocycles. The summed E-state index contributed by atoms with van der Waals surface area (Å²) in [4.78, 5) is 0. The van der Waals surface area contributed by atoms with Gasteiger partial charge in [-0.05, 0) is 25.4 Å². The first kappa shape index (κ1) is 8.46. The molecule has 7 heavy (non-hydrogen) atoms. The van der Waals surface area contributed by atoms with Gasteiger partial charge < -0.3 is 0 Å². The van der Waals surface area contributed by atoms with Crippen molar-refractivity contribution in [2.75, 3.05) is 0 Å². The fraction of sp³-hybridized carbons (Fsp3) is 0. The maximum atomic E-state index is 2.35. The summed E-state index contributed by atoms with van der Waals surface area (Å²) in [7, 11) is 2.56. The number of rotatable bonds is 0. The third kappa shape index (κ3) is 3.99. The fourth-order valence-electron chi connectivity index (χ4n) is 0.385. The van der Waals surface area contributed by atoms with E-state index in [0.717, 1.165) is 25.4 Å². The van der Waals surface area contributed by atoms with Gasteiger partial charge in [-0.2, -0.15) is 0 Å². The van der Waals surface area contributed by atoms with Crippen molar-refractivity contribution < 1.29 is 35.6 Å². The Morgan fingerprint density at radius 3 is 1.71 bits per heavy atom. The van der Waals surface area contributed by atoms with Gasteiger partial charge in [0.1, 0.15) is 0 Å². The van der Waals surface area contributed by atoms with E-state index < -0.39 is 0 Å². The Morgan fingerprint density at radius 1 is 1.00 bits per heavy atom. The second kappa shape index (κ2) is 5.59. The quantitative estimate of drug-likeness (QED) is 0.522. The zero-order valence-corrected chi connectivity index (χ0v) is 11.1. The largest absolute Gasteiger partial charge is 0.0856 e. The summed E-state index contributed by atoms with van der Waals surface area (Å²) in [6.07, 6.45) is 0. The molecule has 0 spiro atoms. The Hall–Kier alpha value is 1.46. The first-order chi connectivity index (χ1) is 3.00. The molecule has 1 radical (unpaired) electrons. The average molecular weight is 265 g/mol. The minimum Gasteiger partial charge on any atom is -0.0856 e. The summed E-state index contributed by atoms with van der Waals surface area (Å²) >= 11 is 0. The van der Waals surface area contributed by atoms with Crippen LogP contribution in [0.1, 0.15) is 0 Å². The Kier molecular flexibility index (Phi) is 6.75. The molecule has 0 bridgehead atoms. The van der Waals surface area contributed by atoms with Crippen LogP contribution >= 0.6 is 0 Å². The topological polar surface area (TPSA) is 0 Å². The minimum absolute atomic E-state index is 0. The Labute approximate surface area is 77.5 Å². The Morgan fingerprint density at radius 2 is 1.57 bits per heavy atom. The second-order valence-corrected chi connectivity index (χ2v) is 10.0. The summed E-state index contributed by atoms with van der Waals surface area (Å²) in [6, 6.07) is 2.24. The SMILES string of the molecule is [La].c1c[siH][siH][siH]c1. The predicted molar refractivity (Wildman–Crippen MR) is 34.7 cm³/mol. The predicted octanol–water partition coefficient (Wildman–Crippen LogP) is -1.10. The van der Waals surface area contributed by atoms with Gasteiger partial charge in [0.05, 0.1) is 0 Å². The first-order valence-electron chi connectivity index (χ1n) is 2.00. The van der Waals surface area contributed by atoms with Crippen molar-refractivity contribution in [1.82, 2.24) is 0 Å². The van der Waals surface area contributed by atoms with Gasteiger partial charge in [0.25, 0.3) is 0 Å². The molecule has 0 aliphatic carbocycles. The third-order valence-electron chi connectivity index (χ3n) is 0.667. The van der Waals surface area contributed by atoms with Crippen LogP contribution in [0.25, 0.3) is 0 Å². The first-order valence-corrected chi connectivity index (χ1v) is 8.67. The molecule has 0 unspecified atom stereocenters. The molecule has 0 nitrogen and oxygen atoms in total. The van der Waals surface area contributed by atoms with Crippen LogP contribution in [-0.2, 0) is 0 Å². The Balaban J connectivity index is 0.000000360. The van der Waals surface area contributed by atoms with Crippen molar-refractivity contribution >= 4 is 25.4 Å². The van der Waals surface area contributed by atoms with Gasteiger partial charge in [0.2, 0.25) is 0 Å².